The third-order valence-corrected chi connectivity index (χ3v) is 5.18. The highest BCUT2D eigenvalue weighted by Crippen LogP contribution is 2.31. The molecule has 0 radical (unpaired) electrons. The molecule has 3 rings (SSSR count). The highest BCUT2D eigenvalue weighted by molar-refractivity contribution is 9.10. The van der Waals surface area contributed by atoms with Gasteiger partial charge in [0.2, 0.25) is 11.8 Å². The van der Waals surface area contributed by atoms with Crippen LogP contribution in [0.25, 0.3) is 0 Å². The second-order valence-electron chi connectivity index (χ2n) is 6.28. The lowest BCUT2D eigenvalue weighted by Crippen LogP contribution is -2.33. The van der Waals surface area contributed by atoms with Gasteiger partial charge in [0.25, 0.3) is 0 Å². The molecular formula is C20H21BrN2O3. The van der Waals surface area contributed by atoms with E-state index in [1.165, 1.54) is 0 Å². The first-order valence-electron chi connectivity index (χ1n) is 8.48. The quantitative estimate of drug-likeness (QED) is 0.785. The minimum atomic E-state index is -0.343. The summed E-state index contributed by atoms with van der Waals surface area (Å²) in [6.07, 6.45) is 0.229. The van der Waals surface area contributed by atoms with E-state index in [1.54, 1.807) is 12.0 Å². The van der Waals surface area contributed by atoms with Crippen LogP contribution in [0.5, 0.6) is 0 Å². The van der Waals surface area contributed by atoms with E-state index in [2.05, 4.69) is 21.2 Å². The Kier molecular flexibility index (Phi) is 6.06. The topological polar surface area (TPSA) is 58.6 Å². The van der Waals surface area contributed by atoms with Crippen LogP contribution < -0.4 is 10.2 Å². The number of benzene rings is 2. The van der Waals surface area contributed by atoms with Crippen LogP contribution in [0.4, 0.5) is 5.69 Å². The maximum Gasteiger partial charge on any atom is 0.227 e. The molecule has 2 aromatic rings. The van der Waals surface area contributed by atoms with Gasteiger partial charge in [0.05, 0.1) is 18.2 Å². The number of carbonyl (C=O) groups is 2. The molecule has 2 amide bonds. The van der Waals surface area contributed by atoms with Crippen LogP contribution in [0, 0.1) is 5.92 Å². The zero-order valence-corrected chi connectivity index (χ0v) is 16.2. The third-order valence-electron chi connectivity index (χ3n) is 4.51. The fourth-order valence-corrected chi connectivity index (χ4v) is 3.64. The summed E-state index contributed by atoms with van der Waals surface area (Å²) in [6.45, 7) is 1.33. The number of nitrogens with zero attached hydrogens (tertiary/aromatic N) is 1. The van der Waals surface area contributed by atoms with Crippen molar-refractivity contribution in [3.63, 3.8) is 0 Å². The molecule has 1 heterocycles. The average molecular weight is 417 g/mol. The van der Waals surface area contributed by atoms with Crippen LogP contribution in [0.1, 0.15) is 17.5 Å². The van der Waals surface area contributed by atoms with Crippen LogP contribution in [0.3, 0.4) is 0 Å². The Hall–Kier alpha value is -2.18. The minimum Gasteiger partial charge on any atom is -0.380 e. The van der Waals surface area contributed by atoms with E-state index in [9.17, 15) is 9.59 Å². The van der Waals surface area contributed by atoms with Crippen molar-refractivity contribution in [3.05, 3.63) is 64.1 Å². The standard InChI is InChI=1S/C20H21BrN2O3/c1-26-13-15-7-3-2-6-14(15)11-22-20(25)16-10-19(24)23(12-16)18-9-5-4-8-17(18)21/h2-9,16H,10-13H2,1H3,(H,22,25)/t16-/m0/s1. The summed E-state index contributed by atoms with van der Waals surface area (Å²) < 4.78 is 6.04. The summed E-state index contributed by atoms with van der Waals surface area (Å²) >= 11 is 3.47. The molecule has 1 atom stereocenters. The van der Waals surface area contributed by atoms with Gasteiger partial charge >= 0.3 is 0 Å². The van der Waals surface area contributed by atoms with Crippen LogP contribution in [-0.4, -0.2) is 25.5 Å². The number of carbonyl (C=O) groups excluding carboxylic acids is 2. The second kappa shape index (κ2) is 8.47. The molecule has 136 valence electrons. The third kappa shape index (κ3) is 4.14. The summed E-state index contributed by atoms with van der Waals surface area (Å²) in [5, 5.41) is 2.96. The normalized spacial score (nSPS) is 16.8. The van der Waals surface area contributed by atoms with Crippen molar-refractivity contribution >= 4 is 33.4 Å². The second-order valence-corrected chi connectivity index (χ2v) is 7.13. The van der Waals surface area contributed by atoms with E-state index in [0.717, 1.165) is 21.3 Å². The van der Waals surface area contributed by atoms with E-state index in [0.29, 0.717) is 19.7 Å². The number of ether oxygens (including phenoxy) is 1. The van der Waals surface area contributed by atoms with E-state index >= 15 is 0 Å². The Morgan fingerprint density at radius 1 is 1.19 bits per heavy atom. The number of anilines is 1. The predicted octanol–water partition coefficient (Wildman–Crippen LogP) is 3.26. The summed E-state index contributed by atoms with van der Waals surface area (Å²) in [6, 6.07) is 15.4. The smallest absolute Gasteiger partial charge is 0.227 e. The van der Waals surface area contributed by atoms with Crippen molar-refractivity contribution < 1.29 is 14.3 Å². The first kappa shape index (κ1) is 18.6. The summed E-state index contributed by atoms with van der Waals surface area (Å²) in [5.41, 5.74) is 2.88. The number of para-hydroxylation sites is 1. The number of amides is 2. The molecule has 1 aliphatic heterocycles. The first-order valence-corrected chi connectivity index (χ1v) is 9.27. The lowest BCUT2D eigenvalue weighted by Gasteiger charge is -2.18. The lowest BCUT2D eigenvalue weighted by atomic mass is 10.1. The number of halogens is 1. The van der Waals surface area contributed by atoms with Crippen molar-refractivity contribution in [2.24, 2.45) is 5.92 Å². The monoisotopic (exact) mass is 416 g/mol. The van der Waals surface area contributed by atoms with Gasteiger partial charge in [-0.3, -0.25) is 9.59 Å². The summed E-state index contributed by atoms with van der Waals surface area (Å²) in [7, 11) is 1.65. The van der Waals surface area contributed by atoms with Gasteiger partial charge in [0.15, 0.2) is 0 Å². The zero-order chi connectivity index (χ0) is 18.5. The van der Waals surface area contributed by atoms with Crippen LogP contribution in [0.15, 0.2) is 53.0 Å². The lowest BCUT2D eigenvalue weighted by molar-refractivity contribution is -0.126. The molecule has 1 fully saturated rings. The summed E-state index contributed by atoms with van der Waals surface area (Å²) in [4.78, 5) is 26.6. The van der Waals surface area contributed by atoms with E-state index in [4.69, 9.17) is 4.74 Å². The van der Waals surface area contributed by atoms with Crippen molar-refractivity contribution in [1.82, 2.24) is 5.32 Å². The van der Waals surface area contributed by atoms with Crippen molar-refractivity contribution in [2.75, 3.05) is 18.6 Å². The average Bonchev–Trinajstić information content (AvgIpc) is 3.03. The van der Waals surface area contributed by atoms with Gasteiger partial charge in [-0.25, -0.2) is 0 Å². The van der Waals surface area contributed by atoms with Gasteiger partial charge in [-0.15, -0.1) is 0 Å². The fraction of sp³-hybridized carbons (Fsp3) is 0.300. The molecule has 0 unspecified atom stereocenters. The van der Waals surface area contributed by atoms with Gasteiger partial charge in [0, 0.05) is 31.1 Å². The van der Waals surface area contributed by atoms with Gasteiger partial charge in [0.1, 0.15) is 0 Å². The van der Waals surface area contributed by atoms with Gasteiger partial charge in [-0.2, -0.15) is 0 Å². The summed E-state index contributed by atoms with van der Waals surface area (Å²) in [5.74, 6) is -0.471. The predicted molar refractivity (Wildman–Crippen MR) is 104 cm³/mol. The number of hydrogen-bond acceptors (Lipinski definition) is 3. The molecule has 1 N–H and O–H groups in total. The molecule has 2 aromatic carbocycles. The van der Waals surface area contributed by atoms with Crippen LogP contribution in [-0.2, 0) is 27.5 Å². The Labute approximate surface area is 161 Å². The number of methoxy groups -OCH3 is 1. The number of rotatable bonds is 6. The van der Waals surface area contributed by atoms with Crippen LogP contribution in [0.2, 0.25) is 0 Å². The number of nitrogens with one attached hydrogen (secondary N) is 1. The van der Waals surface area contributed by atoms with E-state index < -0.39 is 0 Å². The molecule has 1 saturated heterocycles. The molecule has 0 bridgehead atoms. The zero-order valence-electron chi connectivity index (χ0n) is 14.6. The van der Waals surface area contributed by atoms with Crippen LogP contribution >= 0.6 is 15.9 Å². The molecule has 0 aromatic heterocycles. The molecule has 26 heavy (non-hydrogen) atoms. The Balaban J connectivity index is 1.63. The maximum absolute atomic E-state index is 12.6. The van der Waals surface area contributed by atoms with Crippen molar-refractivity contribution in [3.8, 4) is 0 Å². The molecular weight excluding hydrogens is 396 g/mol. The first-order chi connectivity index (χ1) is 12.6. The highest BCUT2D eigenvalue weighted by atomic mass is 79.9. The molecule has 0 spiro atoms. The maximum atomic E-state index is 12.6. The highest BCUT2D eigenvalue weighted by Gasteiger charge is 2.35. The van der Waals surface area contributed by atoms with Crippen molar-refractivity contribution in [1.29, 1.82) is 0 Å². The molecule has 0 aliphatic carbocycles. The Bertz CT molecular complexity index is 809. The molecule has 6 heteroatoms. The van der Waals surface area contributed by atoms with E-state index in [1.807, 2.05) is 48.5 Å². The Morgan fingerprint density at radius 2 is 1.88 bits per heavy atom. The number of hydrogen-bond donors (Lipinski definition) is 1. The van der Waals surface area contributed by atoms with Crippen molar-refractivity contribution in [2.45, 2.75) is 19.6 Å². The van der Waals surface area contributed by atoms with E-state index in [-0.39, 0.29) is 24.2 Å². The largest absolute Gasteiger partial charge is 0.380 e. The molecule has 5 nitrogen and oxygen atoms in total. The molecule has 1 aliphatic rings. The van der Waals surface area contributed by atoms with Gasteiger partial charge in [-0.05, 0) is 39.2 Å². The SMILES string of the molecule is COCc1ccccc1CNC(=O)[C@H]1CC(=O)N(c2ccccc2Br)C1. The van der Waals surface area contributed by atoms with Gasteiger partial charge < -0.3 is 15.0 Å². The minimum absolute atomic E-state index is 0.0307. The fourth-order valence-electron chi connectivity index (χ4n) is 3.14. The van der Waals surface area contributed by atoms with Gasteiger partial charge in [-0.1, -0.05) is 36.4 Å². The Morgan fingerprint density at radius 3 is 2.62 bits per heavy atom. The molecule has 0 saturated carbocycles.